The number of sulfonamides is 1. The molecule has 0 aromatic heterocycles. The molecule has 0 radical (unpaired) electrons. The van der Waals surface area contributed by atoms with Crippen molar-refractivity contribution < 1.29 is 18.3 Å². The van der Waals surface area contributed by atoms with Gasteiger partial charge in [0, 0.05) is 11.6 Å². The fraction of sp³-hybridized carbons (Fsp3) is 0.250. The van der Waals surface area contributed by atoms with E-state index in [1.165, 1.54) is 12.1 Å². The van der Waals surface area contributed by atoms with Gasteiger partial charge in [0.05, 0.1) is 10.5 Å². The number of aryl methyl sites for hydroxylation is 1. The molecule has 0 aliphatic heterocycles. The Kier molecular flexibility index (Phi) is 5.11. The predicted octanol–water partition coefficient (Wildman–Crippen LogP) is 1.98. The van der Waals surface area contributed by atoms with E-state index in [4.69, 9.17) is 16.7 Å². The van der Waals surface area contributed by atoms with Gasteiger partial charge in [0.2, 0.25) is 10.0 Å². The summed E-state index contributed by atoms with van der Waals surface area (Å²) in [6.07, 6.45) is 0.470. The zero-order valence-electron chi connectivity index (χ0n) is 10.3. The van der Waals surface area contributed by atoms with Crippen LogP contribution < -0.4 is 4.72 Å². The minimum absolute atomic E-state index is 0.0483. The Morgan fingerprint density at radius 1 is 1.47 bits per heavy atom. The third-order valence-corrected chi connectivity index (χ3v) is 4.06. The van der Waals surface area contributed by atoms with E-state index in [1.807, 2.05) is 0 Å². The second-order valence-corrected chi connectivity index (χ2v) is 6.09. The van der Waals surface area contributed by atoms with E-state index in [-0.39, 0.29) is 22.0 Å². The highest BCUT2D eigenvalue weighted by molar-refractivity contribution is 7.89. The molecule has 19 heavy (non-hydrogen) atoms. The van der Waals surface area contributed by atoms with Gasteiger partial charge in [-0.15, -0.1) is 0 Å². The molecular formula is C12H14ClNO4S. The maximum atomic E-state index is 12.1. The van der Waals surface area contributed by atoms with Gasteiger partial charge in [0.15, 0.2) is 0 Å². The molecule has 5 nitrogen and oxygen atoms in total. The van der Waals surface area contributed by atoms with Crippen LogP contribution in [0.1, 0.15) is 22.8 Å². The third-order valence-electron chi connectivity index (χ3n) is 2.44. The molecule has 0 amide bonds. The van der Waals surface area contributed by atoms with E-state index in [9.17, 15) is 13.2 Å². The van der Waals surface area contributed by atoms with Crippen LogP contribution in [0.15, 0.2) is 34.7 Å². The van der Waals surface area contributed by atoms with Gasteiger partial charge in [-0.25, -0.2) is 17.9 Å². The van der Waals surface area contributed by atoms with E-state index in [2.05, 4.69) is 11.3 Å². The minimum atomic E-state index is -3.81. The molecule has 0 atom stereocenters. The number of carbonyl (C=O) groups is 1. The van der Waals surface area contributed by atoms with Crippen LogP contribution in [-0.4, -0.2) is 26.0 Å². The average molecular weight is 304 g/mol. The number of benzene rings is 1. The molecule has 0 saturated carbocycles. The quantitative estimate of drug-likeness (QED) is 0.841. The average Bonchev–Trinajstić information content (AvgIpc) is 2.35. The predicted molar refractivity (Wildman–Crippen MR) is 73.0 cm³/mol. The van der Waals surface area contributed by atoms with Crippen molar-refractivity contribution in [1.29, 1.82) is 0 Å². The van der Waals surface area contributed by atoms with Crippen LogP contribution in [0.4, 0.5) is 0 Å². The number of carboxylic acids is 1. The highest BCUT2D eigenvalue weighted by atomic mass is 35.5. The fourth-order valence-corrected chi connectivity index (χ4v) is 2.99. The van der Waals surface area contributed by atoms with Crippen LogP contribution >= 0.6 is 11.6 Å². The lowest BCUT2D eigenvalue weighted by Gasteiger charge is -2.11. The van der Waals surface area contributed by atoms with Crippen molar-refractivity contribution in [2.75, 3.05) is 6.54 Å². The zero-order valence-corrected chi connectivity index (χ0v) is 11.9. The van der Waals surface area contributed by atoms with E-state index in [1.54, 1.807) is 6.92 Å². The summed E-state index contributed by atoms with van der Waals surface area (Å²) in [5.41, 5.74) is 0.458. The number of carboxylic acid groups (broad SMARTS) is 1. The Labute approximate surface area is 117 Å². The zero-order chi connectivity index (χ0) is 14.6. The molecule has 1 rings (SSSR count). The van der Waals surface area contributed by atoms with Crippen molar-refractivity contribution in [2.24, 2.45) is 0 Å². The van der Waals surface area contributed by atoms with Gasteiger partial charge in [-0.2, -0.15) is 0 Å². The summed E-state index contributed by atoms with van der Waals surface area (Å²) < 4.78 is 26.4. The highest BCUT2D eigenvalue weighted by Gasteiger charge is 2.19. The first kappa shape index (κ1) is 15.7. The van der Waals surface area contributed by atoms with E-state index < -0.39 is 16.0 Å². The third kappa shape index (κ3) is 4.05. The fourth-order valence-electron chi connectivity index (χ4n) is 1.48. The summed E-state index contributed by atoms with van der Waals surface area (Å²) >= 11 is 5.51. The topological polar surface area (TPSA) is 83.5 Å². The summed E-state index contributed by atoms with van der Waals surface area (Å²) in [4.78, 5) is 10.8. The number of hydrogen-bond donors (Lipinski definition) is 2. The van der Waals surface area contributed by atoms with Crippen LogP contribution in [-0.2, 0) is 16.4 Å². The molecule has 0 saturated heterocycles. The smallest absolute Gasteiger partial charge is 0.335 e. The van der Waals surface area contributed by atoms with Crippen LogP contribution in [0.3, 0.4) is 0 Å². The number of aromatic carboxylic acids is 1. The summed E-state index contributed by atoms with van der Waals surface area (Å²) in [5, 5.41) is 9.06. The molecular weight excluding hydrogens is 290 g/mol. The van der Waals surface area contributed by atoms with Gasteiger partial charge in [0.1, 0.15) is 0 Å². The molecule has 0 spiro atoms. The summed E-state index contributed by atoms with van der Waals surface area (Å²) in [7, 11) is -3.81. The van der Waals surface area contributed by atoms with Gasteiger partial charge >= 0.3 is 5.97 Å². The van der Waals surface area contributed by atoms with Gasteiger partial charge in [-0.1, -0.05) is 31.2 Å². The molecule has 1 aromatic rings. The van der Waals surface area contributed by atoms with Gasteiger partial charge in [-0.05, 0) is 24.1 Å². The largest absolute Gasteiger partial charge is 0.478 e. The normalized spacial score (nSPS) is 11.3. The van der Waals surface area contributed by atoms with Crippen molar-refractivity contribution in [2.45, 2.75) is 18.2 Å². The van der Waals surface area contributed by atoms with Gasteiger partial charge in [0.25, 0.3) is 0 Å². The maximum absolute atomic E-state index is 12.1. The van der Waals surface area contributed by atoms with Crippen molar-refractivity contribution in [3.63, 3.8) is 0 Å². The molecule has 1 aromatic carbocycles. The van der Waals surface area contributed by atoms with Crippen molar-refractivity contribution in [3.8, 4) is 0 Å². The minimum Gasteiger partial charge on any atom is -0.478 e. The Balaban J connectivity index is 3.26. The Morgan fingerprint density at radius 2 is 2.11 bits per heavy atom. The first-order chi connectivity index (χ1) is 8.77. The van der Waals surface area contributed by atoms with E-state index in [0.717, 1.165) is 6.07 Å². The standard InChI is InChI=1S/C12H14ClNO4S/c1-3-9-4-5-10(12(15)16)6-11(9)19(17,18)14-7-8(2)13/h4-6,14H,2-3,7H2,1H3,(H,15,16). The molecule has 0 bridgehead atoms. The van der Waals surface area contributed by atoms with Crippen LogP contribution in [0.2, 0.25) is 0 Å². The first-order valence-electron chi connectivity index (χ1n) is 5.47. The van der Waals surface area contributed by atoms with E-state index >= 15 is 0 Å². The maximum Gasteiger partial charge on any atom is 0.335 e. The number of rotatable bonds is 6. The monoisotopic (exact) mass is 303 g/mol. The molecule has 0 fully saturated rings. The molecule has 2 N–H and O–H groups in total. The molecule has 0 aliphatic rings. The SMILES string of the molecule is C=C(Cl)CNS(=O)(=O)c1cc(C(=O)O)ccc1CC. The Morgan fingerprint density at radius 3 is 2.58 bits per heavy atom. The molecule has 104 valence electrons. The second kappa shape index (κ2) is 6.18. The Bertz CT molecular complexity index is 610. The molecule has 7 heteroatoms. The van der Waals surface area contributed by atoms with Crippen molar-refractivity contribution in [3.05, 3.63) is 40.9 Å². The highest BCUT2D eigenvalue weighted by Crippen LogP contribution is 2.19. The number of halogens is 1. The molecule has 0 unspecified atom stereocenters. The first-order valence-corrected chi connectivity index (χ1v) is 7.33. The number of nitrogens with one attached hydrogen (secondary N) is 1. The van der Waals surface area contributed by atoms with Crippen molar-refractivity contribution >= 4 is 27.6 Å². The lowest BCUT2D eigenvalue weighted by molar-refractivity contribution is 0.0696. The van der Waals surface area contributed by atoms with Gasteiger partial charge in [-0.3, -0.25) is 0 Å². The van der Waals surface area contributed by atoms with Gasteiger partial charge < -0.3 is 5.11 Å². The lowest BCUT2D eigenvalue weighted by Crippen LogP contribution is -2.26. The van der Waals surface area contributed by atoms with Crippen LogP contribution in [0.25, 0.3) is 0 Å². The summed E-state index contributed by atoms with van der Waals surface area (Å²) in [6, 6.07) is 4.01. The second-order valence-electron chi connectivity index (χ2n) is 3.82. The molecule has 0 heterocycles. The van der Waals surface area contributed by atoms with Crippen LogP contribution in [0.5, 0.6) is 0 Å². The summed E-state index contributed by atoms with van der Waals surface area (Å²) in [6.45, 7) is 5.06. The molecule has 0 aliphatic carbocycles. The summed E-state index contributed by atoms with van der Waals surface area (Å²) in [5.74, 6) is -1.18. The van der Waals surface area contributed by atoms with Crippen LogP contribution in [0, 0.1) is 0 Å². The van der Waals surface area contributed by atoms with Crippen molar-refractivity contribution in [1.82, 2.24) is 4.72 Å². The van der Waals surface area contributed by atoms with E-state index in [0.29, 0.717) is 12.0 Å². The lowest BCUT2D eigenvalue weighted by atomic mass is 10.1. The number of hydrogen-bond acceptors (Lipinski definition) is 3. The Hall–Kier alpha value is -1.37.